The molecule has 1 amide bonds. The molecule has 2 aromatic carbocycles. The summed E-state index contributed by atoms with van der Waals surface area (Å²) in [6.45, 7) is 2.59. The zero-order chi connectivity index (χ0) is 19.2. The number of aryl methyl sites for hydroxylation is 1. The van der Waals surface area contributed by atoms with Crippen LogP contribution in [-0.2, 0) is 6.42 Å². The van der Waals surface area contributed by atoms with Crippen molar-refractivity contribution >= 4 is 17.2 Å². The summed E-state index contributed by atoms with van der Waals surface area (Å²) in [6.07, 6.45) is 0.682. The van der Waals surface area contributed by atoms with Gasteiger partial charge in [0.15, 0.2) is 11.5 Å². The maximum atomic E-state index is 12.3. The van der Waals surface area contributed by atoms with Crippen LogP contribution in [0, 0.1) is 6.92 Å². The highest BCUT2D eigenvalue weighted by molar-refractivity contribution is 7.13. The van der Waals surface area contributed by atoms with Gasteiger partial charge in [0.25, 0.3) is 5.91 Å². The van der Waals surface area contributed by atoms with Crippen LogP contribution in [0.2, 0.25) is 0 Å². The van der Waals surface area contributed by atoms with Gasteiger partial charge in [-0.25, -0.2) is 4.98 Å². The average molecular weight is 382 g/mol. The molecule has 0 saturated carbocycles. The van der Waals surface area contributed by atoms with Crippen molar-refractivity contribution in [3.05, 3.63) is 64.7 Å². The second-order valence-corrected chi connectivity index (χ2v) is 6.95. The van der Waals surface area contributed by atoms with Gasteiger partial charge in [0.05, 0.1) is 19.9 Å². The number of amides is 1. The van der Waals surface area contributed by atoms with Crippen molar-refractivity contribution in [2.45, 2.75) is 13.3 Å². The molecule has 1 heterocycles. The van der Waals surface area contributed by atoms with Crippen LogP contribution in [0.1, 0.15) is 21.6 Å². The van der Waals surface area contributed by atoms with Gasteiger partial charge >= 0.3 is 0 Å². The molecule has 0 radical (unpaired) electrons. The number of thiazole rings is 1. The number of methoxy groups -OCH3 is 2. The molecular formula is C21H22N2O3S. The molecule has 140 valence electrons. The summed E-state index contributed by atoms with van der Waals surface area (Å²) >= 11 is 1.62. The number of hydrogen-bond donors (Lipinski definition) is 1. The second kappa shape index (κ2) is 8.68. The summed E-state index contributed by atoms with van der Waals surface area (Å²) < 4.78 is 10.4. The Kier molecular flexibility index (Phi) is 6.08. The lowest BCUT2D eigenvalue weighted by atomic mass is 10.1. The maximum absolute atomic E-state index is 12.3. The lowest BCUT2D eigenvalue weighted by Gasteiger charge is -2.09. The van der Waals surface area contributed by atoms with Crippen LogP contribution in [0.25, 0.3) is 10.6 Å². The first kappa shape index (κ1) is 18.9. The SMILES string of the molecule is COc1ccc(C(=O)NCCc2csc(-c3cccc(C)c3)n2)cc1OC. The fraction of sp³-hybridized carbons (Fsp3) is 0.238. The molecule has 0 spiro atoms. The van der Waals surface area contributed by atoms with Crippen molar-refractivity contribution in [1.29, 1.82) is 0 Å². The first-order valence-corrected chi connectivity index (χ1v) is 9.50. The summed E-state index contributed by atoms with van der Waals surface area (Å²) in [7, 11) is 3.12. The first-order chi connectivity index (χ1) is 13.1. The second-order valence-electron chi connectivity index (χ2n) is 6.09. The summed E-state index contributed by atoms with van der Waals surface area (Å²) in [6, 6.07) is 13.4. The smallest absolute Gasteiger partial charge is 0.251 e. The van der Waals surface area contributed by atoms with Crippen molar-refractivity contribution in [3.63, 3.8) is 0 Å². The number of nitrogens with zero attached hydrogens (tertiary/aromatic N) is 1. The van der Waals surface area contributed by atoms with E-state index < -0.39 is 0 Å². The number of aromatic nitrogens is 1. The van der Waals surface area contributed by atoms with Gasteiger partial charge in [-0.05, 0) is 31.2 Å². The highest BCUT2D eigenvalue weighted by Crippen LogP contribution is 2.27. The molecule has 27 heavy (non-hydrogen) atoms. The number of rotatable bonds is 7. The highest BCUT2D eigenvalue weighted by Gasteiger charge is 2.11. The third-order valence-corrected chi connectivity index (χ3v) is 5.07. The van der Waals surface area contributed by atoms with Crippen LogP contribution >= 0.6 is 11.3 Å². The van der Waals surface area contributed by atoms with Crippen molar-refractivity contribution in [3.8, 4) is 22.1 Å². The standard InChI is InChI=1S/C21H22N2O3S/c1-14-5-4-6-16(11-14)21-23-17(13-27-21)9-10-22-20(24)15-7-8-18(25-2)19(12-15)26-3/h4-8,11-13H,9-10H2,1-3H3,(H,22,24). The largest absolute Gasteiger partial charge is 0.493 e. The molecule has 0 saturated heterocycles. The zero-order valence-corrected chi connectivity index (χ0v) is 16.4. The molecule has 3 aromatic rings. The number of carbonyl (C=O) groups excluding carboxylic acids is 1. The van der Waals surface area contributed by atoms with E-state index in [0.29, 0.717) is 30.0 Å². The number of benzene rings is 2. The molecule has 3 rings (SSSR count). The molecule has 0 atom stereocenters. The van der Waals surface area contributed by atoms with E-state index in [4.69, 9.17) is 9.47 Å². The molecular weight excluding hydrogens is 360 g/mol. The third-order valence-electron chi connectivity index (χ3n) is 4.13. The maximum Gasteiger partial charge on any atom is 0.251 e. The van der Waals surface area contributed by atoms with Crippen LogP contribution in [0.15, 0.2) is 47.8 Å². The molecule has 0 unspecified atom stereocenters. The lowest BCUT2D eigenvalue weighted by molar-refractivity contribution is 0.0953. The Balaban J connectivity index is 1.58. The van der Waals surface area contributed by atoms with Gasteiger partial charge in [-0.1, -0.05) is 23.8 Å². The van der Waals surface area contributed by atoms with Crippen molar-refractivity contribution < 1.29 is 14.3 Å². The fourth-order valence-electron chi connectivity index (χ4n) is 2.72. The Bertz CT molecular complexity index is 937. The molecule has 5 nitrogen and oxygen atoms in total. The van der Waals surface area contributed by atoms with E-state index in [1.807, 2.05) is 11.4 Å². The molecule has 0 fully saturated rings. The summed E-state index contributed by atoms with van der Waals surface area (Å²) in [5, 5.41) is 5.97. The number of hydrogen-bond acceptors (Lipinski definition) is 5. The Hall–Kier alpha value is -2.86. The van der Waals surface area contributed by atoms with Crippen LogP contribution in [0.4, 0.5) is 0 Å². The summed E-state index contributed by atoms with van der Waals surface area (Å²) in [4.78, 5) is 17.0. The Morgan fingerprint density at radius 1 is 1.11 bits per heavy atom. The van der Waals surface area contributed by atoms with Crippen LogP contribution in [-0.4, -0.2) is 31.7 Å². The Morgan fingerprint density at radius 2 is 1.93 bits per heavy atom. The Morgan fingerprint density at radius 3 is 2.67 bits per heavy atom. The number of carbonyl (C=O) groups is 1. The molecule has 6 heteroatoms. The fourth-order valence-corrected chi connectivity index (χ4v) is 3.57. The van der Waals surface area contributed by atoms with Crippen molar-refractivity contribution in [1.82, 2.24) is 10.3 Å². The minimum atomic E-state index is -0.148. The van der Waals surface area contributed by atoms with E-state index in [1.165, 1.54) is 5.56 Å². The average Bonchev–Trinajstić information content (AvgIpc) is 3.16. The van der Waals surface area contributed by atoms with Gasteiger partial charge in [0, 0.05) is 29.5 Å². The van der Waals surface area contributed by atoms with E-state index in [1.54, 1.807) is 43.8 Å². The summed E-state index contributed by atoms with van der Waals surface area (Å²) in [5.41, 5.74) is 3.85. The van der Waals surface area contributed by atoms with Crippen molar-refractivity contribution in [2.24, 2.45) is 0 Å². The van der Waals surface area contributed by atoms with E-state index in [-0.39, 0.29) is 5.91 Å². The molecule has 0 aliphatic heterocycles. The van der Waals surface area contributed by atoms with Gasteiger partial charge in [-0.2, -0.15) is 0 Å². The van der Waals surface area contributed by atoms with Gasteiger partial charge in [0.2, 0.25) is 0 Å². The Labute approximate surface area is 163 Å². The molecule has 1 aromatic heterocycles. The zero-order valence-electron chi connectivity index (χ0n) is 15.6. The van der Waals surface area contributed by atoms with Gasteiger partial charge in [0.1, 0.15) is 5.01 Å². The molecule has 0 bridgehead atoms. The monoisotopic (exact) mass is 382 g/mol. The van der Waals surface area contributed by atoms with Crippen LogP contribution < -0.4 is 14.8 Å². The minimum Gasteiger partial charge on any atom is -0.493 e. The first-order valence-electron chi connectivity index (χ1n) is 8.62. The quantitative estimate of drug-likeness (QED) is 0.668. The number of ether oxygens (including phenoxy) is 2. The highest BCUT2D eigenvalue weighted by atomic mass is 32.1. The predicted molar refractivity (Wildman–Crippen MR) is 108 cm³/mol. The summed E-state index contributed by atoms with van der Waals surface area (Å²) in [5.74, 6) is 0.984. The third kappa shape index (κ3) is 4.65. The van der Waals surface area contributed by atoms with E-state index in [2.05, 4.69) is 35.4 Å². The van der Waals surface area contributed by atoms with E-state index in [0.717, 1.165) is 16.3 Å². The van der Waals surface area contributed by atoms with Gasteiger partial charge < -0.3 is 14.8 Å². The minimum absolute atomic E-state index is 0.148. The molecule has 0 aliphatic rings. The van der Waals surface area contributed by atoms with Gasteiger partial charge in [-0.15, -0.1) is 11.3 Å². The molecule has 1 N–H and O–H groups in total. The molecule has 0 aliphatic carbocycles. The van der Waals surface area contributed by atoms with E-state index in [9.17, 15) is 4.79 Å². The van der Waals surface area contributed by atoms with Crippen LogP contribution in [0.3, 0.4) is 0 Å². The normalized spacial score (nSPS) is 10.5. The van der Waals surface area contributed by atoms with E-state index >= 15 is 0 Å². The lowest BCUT2D eigenvalue weighted by Crippen LogP contribution is -2.25. The van der Waals surface area contributed by atoms with Crippen molar-refractivity contribution in [2.75, 3.05) is 20.8 Å². The van der Waals surface area contributed by atoms with Crippen LogP contribution in [0.5, 0.6) is 11.5 Å². The topological polar surface area (TPSA) is 60.5 Å². The predicted octanol–water partition coefficient (Wildman–Crippen LogP) is 4.11. The number of nitrogens with one attached hydrogen (secondary N) is 1. The van der Waals surface area contributed by atoms with Gasteiger partial charge in [-0.3, -0.25) is 4.79 Å².